The van der Waals surface area contributed by atoms with E-state index in [1.54, 1.807) is 18.6 Å². The number of hydrogen-bond donors (Lipinski definition) is 17. The first-order valence-corrected chi connectivity index (χ1v) is 26.1. The number of aromatic amines is 3. The summed E-state index contributed by atoms with van der Waals surface area (Å²) >= 11 is 0. The summed E-state index contributed by atoms with van der Waals surface area (Å²) in [4.78, 5) is 115. The van der Waals surface area contributed by atoms with Crippen molar-refractivity contribution >= 4 is 92.0 Å². The average Bonchev–Trinajstić information content (AvgIpc) is 4.19. The number of aromatic nitrogens is 3. The van der Waals surface area contributed by atoms with Crippen molar-refractivity contribution in [3.05, 3.63) is 108 Å². The number of rotatable bonds is 29. The Labute approximate surface area is 472 Å². The topological polar surface area (TPSA) is 492 Å². The van der Waals surface area contributed by atoms with Crippen LogP contribution in [0.3, 0.4) is 0 Å². The molecule has 0 saturated heterocycles. The van der Waals surface area contributed by atoms with Gasteiger partial charge in [0.25, 0.3) is 0 Å². The van der Waals surface area contributed by atoms with Crippen LogP contribution >= 0.6 is 0 Å². The van der Waals surface area contributed by atoms with Gasteiger partial charge in [0.2, 0.25) is 35.4 Å². The predicted octanol–water partition coefficient (Wildman–Crippen LogP) is -0.811. The van der Waals surface area contributed by atoms with Gasteiger partial charge in [-0.3, -0.25) is 43.7 Å². The molecule has 0 aliphatic rings. The second-order valence-electron chi connectivity index (χ2n) is 19.2. The molecule has 30 heteroatoms. The molecule has 0 radical (unpaired) electrons. The molecule has 3 heterocycles. The standard InChI is InChI=1S/C51H69N19O6.C2HF3O2/c52-34(13-7-19-60-49(54)55)44(72)69-41(23-29-26-64-36-15-5-2-11-32(29)36)47(75)67-39(18-9-21-62-51(58)59)46(74)70-42(24-30-27-65-37-16-6-3-12-33(30)37)48(76)66-38(17-8-20-61-50(56)57)45(73)68-40(43(53)71)22-28-25-63-35-14-4-1-10-31(28)35;3-2(4,5)1(6)7/h1-6,10-12,14-16,25-27,34,38-42,63-65H,7-9,13,17-24,52H2,(H2,53,71)(H,66,76)(H,67,75)(H,68,73)(H,69,72)(H,70,74)(H4,54,55,60)(H4,56,57,61)(H4,58,59,62);(H,6,7)/t34-,38-,39-,40-,41-,42-;/m0./s1. The number of carboxylic acids is 1. The maximum atomic E-state index is 14.8. The minimum atomic E-state index is -5.08. The normalized spacial score (nSPS) is 13.3. The molecule has 3 aromatic carbocycles. The predicted molar refractivity (Wildman–Crippen MR) is 306 cm³/mol. The van der Waals surface area contributed by atoms with Crippen LogP contribution in [0.1, 0.15) is 55.2 Å². The number of aliphatic imine (C=N–C) groups is 3. The zero-order chi connectivity index (χ0) is 60.8. The van der Waals surface area contributed by atoms with Crippen LogP contribution in [0.5, 0.6) is 0 Å². The number of H-pyrrole nitrogens is 3. The molecule has 27 nitrogen and oxygen atoms in total. The molecular weight excluding hydrogens is 1090 g/mol. The van der Waals surface area contributed by atoms with E-state index >= 15 is 0 Å². The molecule has 6 aromatic rings. The highest BCUT2D eigenvalue weighted by atomic mass is 19.4. The SMILES string of the molecule is NC(=O)[C@H](Cc1c[nH]c2ccccc12)NC(=O)[C@H](CCCN=C(N)N)NC(=O)[C@H](Cc1c[nH]c2ccccc12)NC(=O)[C@H](CCCN=C(N)N)NC(=O)[C@H](Cc1c[nH]c2ccccc12)NC(=O)[C@@H](N)CCCN=C(N)N.O=C(O)C(F)(F)F. The monoisotopic (exact) mass is 1160 g/mol. The van der Waals surface area contributed by atoms with Crippen molar-refractivity contribution in [1.82, 2.24) is 41.5 Å². The van der Waals surface area contributed by atoms with Gasteiger partial charge in [-0.05, 0) is 73.4 Å². The van der Waals surface area contributed by atoms with E-state index in [-0.39, 0.29) is 88.9 Å². The Morgan fingerprint density at radius 2 is 0.747 bits per heavy atom. The lowest BCUT2D eigenvalue weighted by Gasteiger charge is -2.27. The summed E-state index contributed by atoms with van der Waals surface area (Å²) in [6.45, 7) is 0.406. The fraction of sp³-hybridized carbons (Fsp3) is 0.358. The highest BCUT2D eigenvalue weighted by molar-refractivity contribution is 5.98. The fourth-order valence-corrected chi connectivity index (χ4v) is 8.77. The zero-order valence-corrected chi connectivity index (χ0v) is 45.0. The van der Waals surface area contributed by atoms with Gasteiger partial charge < -0.3 is 92.5 Å². The van der Waals surface area contributed by atoms with Crippen LogP contribution in [0.4, 0.5) is 13.2 Å². The molecule has 0 spiro atoms. The van der Waals surface area contributed by atoms with Crippen LogP contribution in [0.15, 0.2) is 106 Å². The maximum absolute atomic E-state index is 14.8. The molecule has 6 amide bonds. The third kappa shape index (κ3) is 20.0. The van der Waals surface area contributed by atoms with Crippen LogP contribution in [0.25, 0.3) is 32.7 Å². The van der Waals surface area contributed by atoms with Gasteiger partial charge in [-0.1, -0.05) is 54.6 Å². The van der Waals surface area contributed by atoms with Crippen LogP contribution in [0, 0.1) is 0 Å². The number of carbonyl (C=O) groups is 7. The highest BCUT2D eigenvalue weighted by Crippen LogP contribution is 2.23. The number of para-hydroxylation sites is 3. The Balaban J connectivity index is 0.00000169. The number of benzene rings is 3. The van der Waals surface area contributed by atoms with Gasteiger partial charge in [0.15, 0.2) is 17.9 Å². The molecule has 0 aliphatic heterocycles. The first-order chi connectivity index (χ1) is 39.4. The summed E-state index contributed by atoms with van der Waals surface area (Å²) < 4.78 is 31.7. The van der Waals surface area contributed by atoms with Crippen molar-refractivity contribution in [3.63, 3.8) is 0 Å². The number of nitrogens with one attached hydrogen (secondary N) is 8. The van der Waals surface area contributed by atoms with Crippen molar-refractivity contribution in [2.24, 2.45) is 60.8 Å². The summed E-state index contributed by atoms with van der Waals surface area (Å²) in [5, 5.41) is 23.5. The number of fused-ring (bicyclic) bond motifs is 3. The quantitative estimate of drug-likeness (QED) is 0.0155. The van der Waals surface area contributed by atoms with Crippen LogP contribution in [-0.2, 0) is 52.8 Å². The van der Waals surface area contributed by atoms with Gasteiger partial charge in [0.1, 0.15) is 30.2 Å². The number of hydrogen-bond acceptors (Lipinski definition) is 11. The molecule has 0 saturated carbocycles. The molecule has 446 valence electrons. The number of alkyl halides is 3. The van der Waals surface area contributed by atoms with E-state index in [9.17, 15) is 41.9 Å². The number of nitrogens with two attached hydrogens (primary N) is 8. The van der Waals surface area contributed by atoms with Crippen molar-refractivity contribution in [2.45, 2.75) is 100 Å². The minimum absolute atomic E-state index is 0.00634. The second-order valence-corrected chi connectivity index (χ2v) is 19.2. The summed E-state index contributed by atoms with van der Waals surface area (Å²) in [5.41, 5.74) is 49.9. The molecule has 0 unspecified atom stereocenters. The number of carbonyl (C=O) groups excluding carboxylic acids is 6. The largest absolute Gasteiger partial charge is 0.490 e. The summed E-state index contributed by atoms with van der Waals surface area (Å²) in [5.74, 6) is -7.71. The summed E-state index contributed by atoms with van der Waals surface area (Å²) in [6, 6.07) is 14.7. The molecule has 6 atom stereocenters. The number of primary amides is 1. The first kappa shape index (κ1) is 64.0. The second kappa shape index (κ2) is 30.6. The van der Waals surface area contributed by atoms with E-state index in [0.29, 0.717) is 17.5 Å². The molecule has 83 heavy (non-hydrogen) atoms. The zero-order valence-electron chi connectivity index (χ0n) is 45.0. The lowest BCUT2D eigenvalue weighted by Crippen LogP contribution is -2.60. The van der Waals surface area contributed by atoms with Crippen molar-refractivity contribution in [3.8, 4) is 0 Å². The van der Waals surface area contributed by atoms with Crippen LogP contribution in [0.2, 0.25) is 0 Å². The number of carboxylic acid groups (broad SMARTS) is 1. The lowest BCUT2D eigenvalue weighted by molar-refractivity contribution is -0.192. The lowest BCUT2D eigenvalue weighted by atomic mass is 10.0. The molecule has 0 bridgehead atoms. The molecule has 0 aliphatic carbocycles. The summed E-state index contributed by atoms with van der Waals surface area (Å²) in [7, 11) is 0. The van der Waals surface area contributed by atoms with Gasteiger partial charge in [-0.25, -0.2) is 4.79 Å². The molecule has 0 fully saturated rings. The van der Waals surface area contributed by atoms with Gasteiger partial charge in [-0.15, -0.1) is 0 Å². The third-order valence-corrected chi connectivity index (χ3v) is 12.9. The fourth-order valence-electron chi connectivity index (χ4n) is 8.77. The Morgan fingerprint density at radius 1 is 0.458 bits per heavy atom. The van der Waals surface area contributed by atoms with Crippen molar-refractivity contribution < 1.29 is 51.8 Å². The van der Waals surface area contributed by atoms with E-state index in [0.717, 1.165) is 38.3 Å². The van der Waals surface area contributed by atoms with E-state index in [4.69, 9.17) is 55.8 Å². The number of halogens is 3. The molecule has 3 aromatic heterocycles. The Bertz CT molecular complexity index is 3290. The Morgan fingerprint density at radius 3 is 1.08 bits per heavy atom. The molecular formula is C53H70F3N19O8. The molecule has 6 rings (SSSR count). The number of amides is 6. The number of guanidine groups is 3. The van der Waals surface area contributed by atoms with Crippen molar-refractivity contribution in [1.29, 1.82) is 0 Å². The number of nitrogens with zero attached hydrogens (tertiary/aromatic N) is 3. The Kier molecular flexibility index (Phi) is 23.6. The molecule has 25 N–H and O–H groups in total. The van der Waals surface area contributed by atoms with Crippen LogP contribution in [-0.4, -0.2) is 141 Å². The maximum Gasteiger partial charge on any atom is 0.490 e. The number of aliphatic carboxylic acids is 1. The highest BCUT2D eigenvalue weighted by Gasteiger charge is 2.38. The smallest absolute Gasteiger partial charge is 0.475 e. The average molecular weight is 1160 g/mol. The van der Waals surface area contributed by atoms with Gasteiger partial charge in [-0.2, -0.15) is 13.2 Å². The Hall–Kier alpha value is -9.87. The van der Waals surface area contributed by atoms with Crippen LogP contribution < -0.4 is 72.5 Å². The first-order valence-electron chi connectivity index (χ1n) is 26.1. The van der Waals surface area contributed by atoms with Gasteiger partial charge in [0.05, 0.1) is 6.04 Å². The van der Waals surface area contributed by atoms with E-state index in [1.807, 2.05) is 72.8 Å². The van der Waals surface area contributed by atoms with E-state index < -0.39 is 83.8 Å². The van der Waals surface area contributed by atoms with Gasteiger partial charge >= 0.3 is 12.1 Å². The van der Waals surface area contributed by atoms with Crippen molar-refractivity contribution in [2.75, 3.05) is 19.6 Å². The van der Waals surface area contributed by atoms with E-state index in [1.165, 1.54) is 0 Å². The minimum Gasteiger partial charge on any atom is -0.475 e. The van der Waals surface area contributed by atoms with Gasteiger partial charge in [0, 0.05) is 90.2 Å². The van der Waals surface area contributed by atoms with E-state index in [2.05, 4.69) is 56.5 Å². The third-order valence-electron chi connectivity index (χ3n) is 12.9. The summed E-state index contributed by atoms with van der Waals surface area (Å²) in [6.07, 6.45) is 0.933.